The lowest BCUT2D eigenvalue weighted by atomic mass is 9.99. The first-order chi connectivity index (χ1) is 17.4. The van der Waals surface area contributed by atoms with Gasteiger partial charge in [0.1, 0.15) is 11.2 Å². The molecule has 0 radical (unpaired) electrons. The molecule has 0 bridgehead atoms. The summed E-state index contributed by atoms with van der Waals surface area (Å²) in [5, 5.41) is 6.23. The van der Waals surface area contributed by atoms with Crippen LogP contribution in [0.15, 0.2) is 30.6 Å². The molecule has 4 amide bonds. The molecule has 10 heteroatoms. The number of fused-ring (bicyclic) bond motifs is 2. The smallest absolute Gasteiger partial charge is 0.295 e. The number of benzene rings is 1. The standard InChI is InChI=1S/C26H26N6O3S/c1-15-16(2)36-24-22(15)23(27-14-28-24)18-5-8-30(9-6-18)12-17-3-4-20-19(11-17)13-32(25(20)34)31-10-7-21(33)29-26(31)35/h3-5,11,14H,6-10,12-13H2,1-2H3,(H,29,33,35). The van der Waals surface area contributed by atoms with Gasteiger partial charge < -0.3 is 0 Å². The molecular weight excluding hydrogens is 476 g/mol. The minimum atomic E-state index is -0.544. The molecule has 1 saturated heterocycles. The van der Waals surface area contributed by atoms with Crippen LogP contribution in [0.1, 0.15) is 50.5 Å². The van der Waals surface area contributed by atoms with Crippen LogP contribution < -0.4 is 5.32 Å². The zero-order valence-corrected chi connectivity index (χ0v) is 21.0. The largest absolute Gasteiger partial charge is 0.342 e. The minimum Gasteiger partial charge on any atom is -0.295 e. The molecule has 5 heterocycles. The van der Waals surface area contributed by atoms with Crippen LogP contribution in [0.2, 0.25) is 0 Å². The zero-order valence-electron chi connectivity index (χ0n) is 20.2. The molecule has 0 atom stereocenters. The molecule has 2 aromatic heterocycles. The van der Waals surface area contributed by atoms with E-state index in [0.29, 0.717) is 12.1 Å². The number of carbonyl (C=O) groups is 3. The van der Waals surface area contributed by atoms with Gasteiger partial charge in [0.15, 0.2) is 0 Å². The van der Waals surface area contributed by atoms with Gasteiger partial charge in [-0.3, -0.25) is 19.8 Å². The van der Waals surface area contributed by atoms with Crippen LogP contribution in [0.5, 0.6) is 0 Å². The topological polar surface area (TPSA) is 98.7 Å². The molecule has 184 valence electrons. The Kier molecular flexibility index (Phi) is 5.57. The molecule has 9 nitrogen and oxygen atoms in total. The first-order valence-electron chi connectivity index (χ1n) is 12.1. The predicted octanol–water partition coefficient (Wildman–Crippen LogP) is 3.41. The molecule has 1 fully saturated rings. The average molecular weight is 503 g/mol. The van der Waals surface area contributed by atoms with Crippen LogP contribution in [0.4, 0.5) is 4.79 Å². The predicted molar refractivity (Wildman–Crippen MR) is 136 cm³/mol. The number of hydrogen-bond donors (Lipinski definition) is 1. The van der Waals surface area contributed by atoms with E-state index in [0.717, 1.165) is 47.7 Å². The summed E-state index contributed by atoms with van der Waals surface area (Å²) in [5.41, 5.74) is 6.24. The highest BCUT2D eigenvalue weighted by atomic mass is 32.1. The van der Waals surface area contributed by atoms with Crippen molar-refractivity contribution >= 4 is 45.0 Å². The number of nitrogens with one attached hydrogen (secondary N) is 1. The zero-order chi connectivity index (χ0) is 25.0. The van der Waals surface area contributed by atoms with Crippen LogP contribution in [0.3, 0.4) is 0 Å². The van der Waals surface area contributed by atoms with Gasteiger partial charge >= 0.3 is 6.03 Å². The van der Waals surface area contributed by atoms with Crippen LogP contribution in [-0.2, 0) is 17.9 Å². The monoisotopic (exact) mass is 502 g/mol. The third-order valence-corrected chi connectivity index (χ3v) is 8.36. The van der Waals surface area contributed by atoms with E-state index in [2.05, 4.69) is 46.2 Å². The van der Waals surface area contributed by atoms with E-state index in [-0.39, 0.29) is 24.8 Å². The lowest BCUT2D eigenvalue weighted by Crippen LogP contribution is -2.56. The number of hydrazine groups is 1. The molecule has 3 aromatic rings. The van der Waals surface area contributed by atoms with Gasteiger partial charge in [-0.25, -0.2) is 24.8 Å². The number of urea groups is 1. The molecule has 1 N–H and O–H groups in total. The number of aryl methyl sites for hydroxylation is 2. The van der Waals surface area contributed by atoms with Crippen molar-refractivity contribution < 1.29 is 14.4 Å². The maximum Gasteiger partial charge on any atom is 0.342 e. The highest BCUT2D eigenvalue weighted by Gasteiger charge is 2.37. The summed E-state index contributed by atoms with van der Waals surface area (Å²) in [6.07, 6.45) is 5.04. The molecule has 3 aliphatic rings. The second kappa shape index (κ2) is 8.79. The van der Waals surface area contributed by atoms with Gasteiger partial charge in [-0.2, -0.15) is 0 Å². The van der Waals surface area contributed by atoms with Crippen molar-refractivity contribution in [2.24, 2.45) is 0 Å². The Bertz CT molecular complexity index is 1460. The summed E-state index contributed by atoms with van der Waals surface area (Å²) >= 11 is 1.72. The van der Waals surface area contributed by atoms with Gasteiger partial charge in [0.2, 0.25) is 5.91 Å². The van der Waals surface area contributed by atoms with Crippen molar-refractivity contribution in [1.29, 1.82) is 0 Å². The molecule has 1 aromatic carbocycles. The highest BCUT2D eigenvalue weighted by Crippen LogP contribution is 2.35. The number of thiophene rings is 1. The fourth-order valence-corrected chi connectivity index (χ4v) is 6.19. The third kappa shape index (κ3) is 3.86. The Labute approximate surface area is 212 Å². The van der Waals surface area contributed by atoms with Gasteiger partial charge in [-0.15, -0.1) is 11.3 Å². The van der Waals surface area contributed by atoms with Crippen LogP contribution in [0, 0.1) is 13.8 Å². The highest BCUT2D eigenvalue weighted by molar-refractivity contribution is 7.18. The van der Waals surface area contributed by atoms with E-state index in [4.69, 9.17) is 0 Å². The summed E-state index contributed by atoms with van der Waals surface area (Å²) < 4.78 is 0. The Balaban J connectivity index is 1.15. The minimum absolute atomic E-state index is 0.188. The maximum absolute atomic E-state index is 12.9. The van der Waals surface area contributed by atoms with E-state index in [1.807, 2.05) is 12.1 Å². The fourth-order valence-electron chi connectivity index (χ4n) is 5.19. The first kappa shape index (κ1) is 22.8. The van der Waals surface area contributed by atoms with Crippen LogP contribution in [0.25, 0.3) is 15.8 Å². The summed E-state index contributed by atoms with van der Waals surface area (Å²) in [6.45, 7) is 7.35. The van der Waals surface area contributed by atoms with Gasteiger partial charge in [0.25, 0.3) is 5.91 Å². The molecule has 0 aliphatic carbocycles. The van der Waals surface area contributed by atoms with Crippen LogP contribution in [-0.4, -0.2) is 62.4 Å². The summed E-state index contributed by atoms with van der Waals surface area (Å²) in [7, 11) is 0. The number of nitrogens with zero attached hydrogens (tertiary/aromatic N) is 5. The summed E-state index contributed by atoms with van der Waals surface area (Å²) in [4.78, 5) is 50.4. The molecule has 6 rings (SSSR count). The number of rotatable bonds is 4. The maximum atomic E-state index is 12.9. The first-order valence-corrected chi connectivity index (χ1v) is 12.9. The van der Waals surface area contributed by atoms with Crippen molar-refractivity contribution in [2.75, 3.05) is 19.6 Å². The quantitative estimate of drug-likeness (QED) is 0.587. The lowest BCUT2D eigenvalue weighted by Gasteiger charge is -2.33. The van der Waals surface area contributed by atoms with E-state index in [1.165, 1.54) is 31.4 Å². The van der Waals surface area contributed by atoms with Gasteiger partial charge in [0, 0.05) is 41.9 Å². The molecular formula is C26H26N6O3S. The summed E-state index contributed by atoms with van der Waals surface area (Å²) in [5.74, 6) is -0.521. The number of carbonyl (C=O) groups excluding carboxylic acids is 3. The van der Waals surface area contributed by atoms with Crippen molar-refractivity contribution in [3.63, 3.8) is 0 Å². The third-order valence-electron chi connectivity index (χ3n) is 7.25. The lowest BCUT2D eigenvalue weighted by molar-refractivity contribution is -0.123. The molecule has 0 saturated carbocycles. The van der Waals surface area contributed by atoms with Crippen LogP contribution >= 0.6 is 11.3 Å². The Hall–Kier alpha value is -3.63. The van der Waals surface area contributed by atoms with Gasteiger partial charge in [-0.1, -0.05) is 18.2 Å². The fraction of sp³-hybridized carbons (Fsp3) is 0.346. The van der Waals surface area contributed by atoms with Gasteiger partial charge in [0.05, 0.1) is 18.8 Å². The Morgan fingerprint density at radius 3 is 2.69 bits per heavy atom. The molecule has 0 unspecified atom stereocenters. The van der Waals surface area contributed by atoms with E-state index in [9.17, 15) is 14.4 Å². The average Bonchev–Trinajstić information content (AvgIpc) is 3.35. The number of amides is 4. The van der Waals surface area contributed by atoms with Crippen molar-refractivity contribution in [3.05, 3.63) is 63.4 Å². The number of imide groups is 1. The second-order valence-electron chi connectivity index (χ2n) is 9.48. The number of hydrogen-bond acceptors (Lipinski definition) is 7. The SMILES string of the molecule is Cc1sc2ncnc(C3=CCN(Cc4ccc5c(c4)CN(N4CCC(=O)NC4=O)C5=O)CC3)c2c1C. The molecule has 3 aliphatic heterocycles. The Morgan fingerprint density at radius 2 is 1.92 bits per heavy atom. The second-order valence-corrected chi connectivity index (χ2v) is 10.7. The normalized spacial score (nSPS) is 18.6. The van der Waals surface area contributed by atoms with Crippen molar-refractivity contribution in [3.8, 4) is 0 Å². The Morgan fingerprint density at radius 1 is 1.06 bits per heavy atom. The molecule has 36 heavy (non-hydrogen) atoms. The van der Waals surface area contributed by atoms with Crippen molar-refractivity contribution in [2.45, 2.75) is 39.8 Å². The molecule has 0 spiro atoms. The van der Waals surface area contributed by atoms with Gasteiger partial charge in [-0.05, 0) is 48.6 Å². The number of aromatic nitrogens is 2. The van der Waals surface area contributed by atoms with E-state index < -0.39 is 6.03 Å². The van der Waals surface area contributed by atoms with E-state index in [1.54, 1.807) is 17.7 Å². The van der Waals surface area contributed by atoms with E-state index >= 15 is 0 Å². The summed E-state index contributed by atoms with van der Waals surface area (Å²) in [6, 6.07) is 5.36. The van der Waals surface area contributed by atoms with Crippen molar-refractivity contribution in [1.82, 2.24) is 30.2 Å².